The third-order valence-electron chi connectivity index (χ3n) is 3.89. The highest BCUT2D eigenvalue weighted by Crippen LogP contribution is 2.32. The van der Waals surface area contributed by atoms with Crippen molar-refractivity contribution in [3.63, 3.8) is 0 Å². The molecule has 0 fully saturated rings. The van der Waals surface area contributed by atoms with Gasteiger partial charge in [0.15, 0.2) is 6.04 Å². The fourth-order valence-corrected chi connectivity index (χ4v) is 2.61. The zero-order valence-corrected chi connectivity index (χ0v) is 15.9. The number of carbonyl (C=O) groups is 1. The van der Waals surface area contributed by atoms with Gasteiger partial charge in [-0.2, -0.15) is 25.8 Å². The highest BCUT2D eigenvalue weighted by molar-refractivity contribution is 7.83. The van der Waals surface area contributed by atoms with E-state index in [0.29, 0.717) is 11.3 Å². The van der Waals surface area contributed by atoms with Gasteiger partial charge in [0.25, 0.3) is 0 Å². The van der Waals surface area contributed by atoms with Gasteiger partial charge in [0.05, 0.1) is 25.4 Å². The van der Waals surface area contributed by atoms with Gasteiger partial charge in [-0.15, -0.1) is 0 Å². The van der Waals surface area contributed by atoms with Crippen molar-refractivity contribution in [1.82, 2.24) is 10.3 Å². The van der Waals surface area contributed by atoms with Gasteiger partial charge in [-0.05, 0) is 40.3 Å². The van der Waals surface area contributed by atoms with Gasteiger partial charge in [0.1, 0.15) is 5.75 Å². The molecule has 0 aliphatic heterocycles. The molecule has 2 aromatic rings. The molecule has 148 valence electrons. The molecule has 0 saturated carbocycles. The largest absolute Gasteiger partial charge is 0.495 e. The molecule has 2 rings (SSSR count). The molecular weight excluding hydrogens is 389 g/mol. The summed E-state index contributed by atoms with van der Waals surface area (Å²) in [4.78, 5) is 15.9. The number of hydrogen-bond donors (Lipinski definition) is 2. The monoisotopic (exact) mass is 408 g/mol. The van der Waals surface area contributed by atoms with Crippen molar-refractivity contribution < 1.29 is 22.7 Å². The van der Waals surface area contributed by atoms with Crippen LogP contribution in [0.3, 0.4) is 0 Å². The van der Waals surface area contributed by atoms with Crippen LogP contribution in [-0.4, -0.2) is 24.2 Å². The van der Waals surface area contributed by atoms with E-state index >= 15 is 0 Å². The number of aromatic nitrogens is 1. The van der Waals surface area contributed by atoms with Crippen molar-refractivity contribution in [2.75, 3.05) is 7.11 Å². The Bertz CT molecular complexity index is 847. The maximum atomic E-state index is 13.4. The average Bonchev–Trinajstić information content (AvgIpc) is 2.66. The van der Waals surface area contributed by atoms with E-state index in [9.17, 15) is 18.0 Å². The fourth-order valence-electron chi connectivity index (χ4n) is 2.43. The molecule has 0 bridgehead atoms. The van der Waals surface area contributed by atoms with E-state index in [1.54, 1.807) is 35.7 Å². The lowest BCUT2D eigenvalue weighted by Crippen LogP contribution is -2.39. The number of amides is 1. The molecule has 0 saturated heterocycles. The second-order valence-electron chi connectivity index (χ2n) is 5.88. The molecule has 28 heavy (non-hydrogen) atoms. The van der Waals surface area contributed by atoms with E-state index < -0.39 is 18.1 Å². The van der Waals surface area contributed by atoms with Crippen LogP contribution < -0.4 is 10.1 Å². The molecule has 4 nitrogen and oxygen atoms in total. The van der Waals surface area contributed by atoms with Gasteiger partial charge in [-0.3, -0.25) is 9.78 Å². The third kappa shape index (κ3) is 5.88. The molecule has 1 aromatic carbocycles. The summed E-state index contributed by atoms with van der Waals surface area (Å²) in [6, 6.07) is 7.15. The van der Waals surface area contributed by atoms with E-state index in [0.717, 1.165) is 11.1 Å². The van der Waals surface area contributed by atoms with Gasteiger partial charge in [-0.1, -0.05) is 30.8 Å². The second-order valence-corrected chi connectivity index (χ2v) is 6.18. The van der Waals surface area contributed by atoms with Crippen LogP contribution in [0.1, 0.15) is 22.9 Å². The summed E-state index contributed by atoms with van der Waals surface area (Å²) < 4.78 is 45.1. The number of nitrogens with zero attached hydrogens (tertiary/aromatic N) is 1. The highest BCUT2D eigenvalue weighted by atomic mass is 32.1. The van der Waals surface area contributed by atoms with Gasteiger partial charge >= 0.3 is 6.18 Å². The first kappa shape index (κ1) is 21.6. The lowest BCUT2D eigenvalue weighted by molar-refractivity contribution is -0.164. The summed E-state index contributed by atoms with van der Waals surface area (Å²) in [5.74, 6) is -0.438. The smallest absolute Gasteiger partial charge is 0.414 e. The summed E-state index contributed by atoms with van der Waals surface area (Å²) in [6.07, 6.45) is -2.00. The Kier molecular flexibility index (Phi) is 7.28. The summed E-state index contributed by atoms with van der Waals surface area (Å²) >= 11 is 3.97. The number of alkyl halides is 3. The van der Waals surface area contributed by atoms with Crippen LogP contribution in [0.2, 0.25) is 0 Å². The molecule has 0 aliphatic carbocycles. The SMILES string of the molecule is C=C(/C=C\S)c1ccc(CC(=O)NC(c2ccc(OC)cn2)C(F)(F)F)cc1. The van der Waals surface area contributed by atoms with Gasteiger partial charge in [0.2, 0.25) is 5.91 Å². The summed E-state index contributed by atoms with van der Waals surface area (Å²) in [5.41, 5.74) is 1.82. The van der Waals surface area contributed by atoms with Crippen molar-refractivity contribution in [3.8, 4) is 5.75 Å². The van der Waals surface area contributed by atoms with Crippen LogP contribution >= 0.6 is 12.6 Å². The second kappa shape index (κ2) is 9.45. The van der Waals surface area contributed by atoms with Crippen LogP contribution in [0.15, 0.2) is 60.7 Å². The Hall–Kier alpha value is -2.74. The lowest BCUT2D eigenvalue weighted by atomic mass is 10.0. The Morgan fingerprint density at radius 3 is 2.46 bits per heavy atom. The van der Waals surface area contributed by atoms with Crippen molar-refractivity contribution >= 4 is 24.1 Å². The molecule has 1 atom stereocenters. The number of halogens is 3. The maximum Gasteiger partial charge on any atom is 0.414 e. The van der Waals surface area contributed by atoms with Crippen molar-refractivity contribution in [3.05, 3.63) is 77.5 Å². The molecule has 1 N–H and O–H groups in total. The van der Waals surface area contributed by atoms with Crippen molar-refractivity contribution in [2.45, 2.75) is 18.6 Å². The number of ether oxygens (including phenoxy) is 1. The topological polar surface area (TPSA) is 51.2 Å². The standard InChI is InChI=1S/C20H19F3N2O2S/c1-13(9-10-28)15-5-3-14(4-6-15)11-18(26)25-19(20(21,22)23)17-8-7-16(27-2)12-24-17/h3-10,12,19,28H,1,11H2,2H3,(H,25,26)/b10-9-. The Balaban J connectivity index is 2.10. The normalized spacial score (nSPS) is 12.6. The predicted molar refractivity (Wildman–Crippen MR) is 105 cm³/mol. The van der Waals surface area contributed by atoms with Crippen LogP contribution in [0.4, 0.5) is 13.2 Å². The molecule has 1 aromatic heterocycles. The zero-order chi connectivity index (χ0) is 20.7. The molecule has 0 spiro atoms. The fraction of sp³-hybridized carbons (Fsp3) is 0.200. The number of carbonyl (C=O) groups excluding carboxylic acids is 1. The number of benzene rings is 1. The van der Waals surface area contributed by atoms with E-state index in [-0.39, 0.29) is 12.1 Å². The van der Waals surface area contributed by atoms with Crippen LogP contribution in [0, 0.1) is 0 Å². The lowest BCUT2D eigenvalue weighted by Gasteiger charge is -2.21. The maximum absolute atomic E-state index is 13.4. The number of allylic oxidation sites excluding steroid dienone is 2. The Labute approximate surface area is 166 Å². The molecule has 1 unspecified atom stereocenters. The number of nitrogens with one attached hydrogen (secondary N) is 1. The highest BCUT2D eigenvalue weighted by Gasteiger charge is 2.42. The minimum atomic E-state index is -4.68. The Morgan fingerprint density at radius 1 is 1.29 bits per heavy atom. The zero-order valence-electron chi connectivity index (χ0n) is 15.0. The van der Waals surface area contributed by atoms with E-state index in [2.05, 4.69) is 24.2 Å². The van der Waals surface area contributed by atoms with Crippen LogP contribution in [-0.2, 0) is 11.2 Å². The van der Waals surface area contributed by atoms with Crippen LogP contribution in [0.5, 0.6) is 5.75 Å². The molecule has 0 radical (unpaired) electrons. The molecule has 1 heterocycles. The molecule has 1 amide bonds. The number of thiol groups is 1. The minimum absolute atomic E-state index is 0.197. The van der Waals surface area contributed by atoms with E-state index in [4.69, 9.17) is 4.74 Å². The van der Waals surface area contributed by atoms with E-state index in [1.807, 2.05) is 5.32 Å². The molecular formula is C20H19F3N2O2S. The first-order chi connectivity index (χ1) is 13.2. The third-order valence-corrected chi connectivity index (χ3v) is 4.04. The number of hydrogen-bond acceptors (Lipinski definition) is 4. The van der Waals surface area contributed by atoms with Gasteiger partial charge in [-0.25, -0.2) is 0 Å². The van der Waals surface area contributed by atoms with Crippen LogP contribution in [0.25, 0.3) is 5.57 Å². The summed E-state index contributed by atoms with van der Waals surface area (Å²) in [7, 11) is 1.38. The van der Waals surface area contributed by atoms with Crippen molar-refractivity contribution in [2.24, 2.45) is 0 Å². The average molecular weight is 408 g/mol. The van der Waals surface area contributed by atoms with Crippen molar-refractivity contribution in [1.29, 1.82) is 0 Å². The van der Waals surface area contributed by atoms with E-state index in [1.165, 1.54) is 25.4 Å². The number of rotatable bonds is 7. The quantitative estimate of drug-likeness (QED) is 0.524. The molecule has 0 aliphatic rings. The summed E-state index contributed by atoms with van der Waals surface area (Å²) in [6.45, 7) is 3.86. The number of pyridine rings is 1. The number of methoxy groups -OCH3 is 1. The van der Waals surface area contributed by atoms with Gasteiger partial charge in [0, 0.05) is 0 Å². The van der Waals surface area contributed by atoms with Gasteiger partial charge < -0.3 is 10.1 Å². The first-order valence-electron chi connectivity index (χ1n) is 8.19. The summed E-state index contributed by atoms with van der Waals surface area (Å²) in [5, 5.41) is 3.56. The Morgan fingerprint density at radius 2 is 1.96 bits per heavy atom. The molecule has 8 heteroatoms. The minimum Gasteiger partial charge on any atom is -0.495 e. The predicted octanol–water partition coefficient (Wildman–Crippen LogP) is 4.51. The first-order valence-corrected chi connectivity index (χ1v) is 8.71.